The number of halogens is 2. The van der Waals surface area contributed by atoms with Crippen LogP contribution in [0.1, 0.15) is 17.3 Å². The average molecular weight is 272 g/mol. The molecular formula is C10H11Cl2N5. The van der Waals surface area contributed by atoms with Crippen LogP contribution in [0.5, 0.6) is 0 Å². The van der Waals surface area contributed by atoms with E-state index in [9.17, 15) is 0 Å². The van der Waals surface area contributed by atoms with E-state index < -0.39 is 0 Å². The molecule has 5 nitrogen and oxygen atoms in total. The quantitative estimate of drug-likeness (QED) is 0.586. The molecule has 1 aromatic heterocycles. The van der Waals surface area contributed by atoms with E-state index >= 15 is 0 Å². The molecule has 17 heavy (non-hydrogen) atoms. The van der Waals surface area contributed by atoms with Gasteiger partial charge < -0.3 is 0 Å². The molecule has 0 aliphatic rings. The lowest BCUT2D eigenvalue weighted by Gasteiger charge is -2.14. The Morgan fingerprint density at radius 2 is 2.06 bits per heavy atom. The van der Waals surface area contributed by atoms with Crippen molar-refractivity contribution in [2.24, 2.45) is 5.84 Å². The van der Waals surface area contributed by atoms with Crippen molar-refractivity contribution in [2.75, 3.05) is 0 Å². The summed E-state index contributed by atoms with van der Waals surface area (Å²) < 4.78 is 0. The maximum Gasteiger partial charge on any atom is 0.101 e. The van der Waals surface area contributed by atoms with Gasteiger partial charge in [-0.25, -0.2) is 0 Å². The summed E-state index contributed by atoms with van der Waals surface area (Å²) in [6.07, 6.45) is 2.15. The fraction of sp³-hybridized carbons (Fsp3) is 0.200. The maximum atomic E-state index is 6.10. The maximum absolute atomic E-state index is 6.10. The predicted molar refractivity (Wildman–Crippen MR) is 66.6 cm³/mol. The number of H-pyrrole nitrogens is 1. The van der Waals surface area contributed by atoms with E-state index in [0.717, 1.165) is 5.56 Å². The van der Waals surface area contributed by atoms with Crippen molar-refractivity contribution in [3.05, 3.63) is 45.7 Å². The minimum Gasteiger partial charge on any atom is -0.271 e. The zero-order valence-corrected chi connectivity index (χ0v) is 10.3. The lowest BCUT2D eigenvalue weighted by atomic mass is 10.0. The van der Waals surface area contributed by atoms with Crippen molar-refractivity contribution >= 4 is 23.2 Å². The van der Waals surface area contributed by atoms with Crippen molar-refractivity contribution in [3.8, 4) is 0 Å². The molecule has 1 aromatic carbocycles. The second kappa shape index (κ2) is 5.46. The molecule has 0 radical (unpaired) electrons. The van der Waals surface area contributed by atoms with E-state index in [-0.39, 0.29) is 6.04 Å². The first-order valence-corrected chi connectivity index (χ1v) is 5.72. The number of hydrazine groups is 1. The number of hydrogen-bond donors (Lipinski definition) is 3. The van der Waals surface area contributed by atoms with Crippen molar-refractivity contribution in [1.82, 2.24) is 20.8 Å². The Morgan fingerprint density at radius 3 is 2.59 bits per heavy atom. The number of nitrogens with zero attached hydrogens (tertiary/aromatic N) is 2. The molecule has 2 aromatic rings. The second-order valence-electron chi connectivity index (χ2n) is 3.52. The molecule has 7 heteroatoms. The second-order valence-corrected chi connectivity index (χ2v) is 4.33. The smallest absolute Gasteiger partial charge is 0.101 e. The normalized spacial score (nSPS) is 12.6. The van der Waals surface area contributed by atoms with Gasteiger partial charge in [-0.1, -0.05) is 29.3 Å². The summed E-state index contributed by atoms with van der Waals surface area (Å²) >= 11 is 12.2. The molecule has 0 amide bonds. The van der Waals surface area contributed by atoms with Gasteiger partial charge in [0.15, 0.2) is 0 Å². The highest BCUT2D eigenvalue weighted by Gasteiger charge is 2.16. The third kappa shape index (κ3) is 2.76. The van der Waals surface area contributed by atoms with E-state index in [1.807, 2.05) is 0 Å². The first-order chi connectivity index (χ1) is 8.22. The molecule has 0 saturated carbocycles. The number of nitrogens with one attached hydrogen (secondary N) is 2. The van der Waals surface area contributed by atoms with Crippen LogP contribution in [0, 0.1) is 0 Å². The summed E-state index contributed by atoms with van der Waals surface area (Å²) in [5.41, 5.74) is 4.21. The van der Waals surface area contributed by atoms with Gasteiger partial charge in [-0.15, -0.1) is 0 Å². The lowest BCUT2D eigenvalue weighted by molar-refractivity contribution is 0.537. The van der Waals surface area contributed by atoms with Gasteiger partial charge in [0.1, 0.15) is 5.69 Å². The molecule has 4 N–H and O–H groups in total. The van der Waals surface area contributed by atoms with Crippen LogP contribution in [-0.4, -0.2) is 15.4 Å². The van der Waals surface area contributed by atoms with Gasteiger partial charge >= 0.3 is 0 Å². The van der Waals surface area contributed by atoms with Crippen LogP contribution in [0.4, 0.5) is 0 Å². The van der Waals surface area contributed by atoms with Gasteiger partial charge in [0.25, 0.3) is 0 Å². The topological polar surface area (TPSA) is 79.6 Å². The van der Waals surface area contributed by atoms with E-state index in [1.165, 1.54) is 0 Å². The molecule has 0 fully saturated rings. The van der Waals surface area contributed by atoms with Crippen LogP contribution in [-0.2, 0) is 6.42 Å². The fourth-order valence-electron chi connectivity index (χ4n) is 1.56. The number of aromatic amines is 1. The molecule has 0 bridgehead atoms. The van der Waals surface area contributed by atoms with Crippen molar-refractivity contribution in [3.63, 3.8) is 0 Å². The first-order valence-electron chi connectivity index (χ1n) is 4.97. The SMILES string of the molecule is NNC(Cc1c(Cl)cccc1Cl)c1cn[nH]n1. The summed E-state index contributed by atoms with van der Waals surface area (Å²) in [6.45, 7) is 0. The van der Waals surface area contributed by atoms with Gasteiger partial charge in [-0.05, 0) is 24.1 Å². The number of hydrogen-bond acceptors (Lipinski definition) is 4. The van der Waals surface area contributed by atoms with Gasteiger partial charge in [-0.2, -0.15) is 15.4 Å². The highest BCUT2D eigenvalue weighted by atomic mass is 35.5. The number of rotatable bonds is 4. The van der Waals surface area contributed by atoms with Gasteiger partial charge in [0, 0.05) is 10.0 Å². The number of benzene rings is 1. The monoisotopic (exact) mass is 271 g/mol. The minimum atomic E-state index is -0.189. The van der Waals surface area contributed by atoms with Crippen molar-refractivity contribution < 1.29 is 0 Å². The lowest BCUT2D eigenvalue weighted by Crippen LogP contribution is -2.30. The average Bonchev–Trinajstić information content (AvgIpc) is 2.82. The standard InChI is InChI=1S/C10H11Cl2N5/c11-7-2-1-3-8(12)6(7)4-9(15-13)10-5-14-17-16-10/h1-3,5,9,15H,4,13H2,(H,14,16,17). The molecule has 1 unspecified atom stereocenters. The summed E-state index contributed by atoms with van der Waals surface area (Å²) in [7, 11) is 0. The summed E-state index contributed by atoms with van der Waals surface area (Å²) in [4.78, 5) is 0. The zero-order chi connectivity index (χ0) is 12.3. The Hall–Kier alpha value is -1.14. The first kappa shape index (κ1) is 12.3. The Morgan fingerprint density at radius 1 is 1.35 bits per heavy atom. The fourth-order valence-corrected chi connectivity index (χ4v) is 2.11. The van der Waals surface area contributed by atoms with Crippen LogP contribution in [0.3, 0.4) is 0 Å². The zero-order valence-electron chi connectivity index (χ0n) is 8.82. The molecule has 1 atom stereocenters. The van der Waals surface area contributed by atoms with Crippen LogP contribution < -0.4 is 11.3 Å². The third-order valence-electron chi connectivity index (χ3n) is 2.46. The van der Waals surface area contributed by atoms with Crippen LogP contribution in [0.15, 0.2) is 24.4 Å². The van der Waals surface area contributed by atoms with Crippen LogP contribution in [0.2, 0.25) is 10.0 Å². The van der Waals surface area contributed by atoms with Gasteiger partial charge in [0.05, 0.1) is 12.2 Å². The number of nitrogens with two attached hydrogens (primary N) is 1. The molecular weight excluding hydrogens is 261 g/mol. The summed E-state index contributed by atoms with van der Waals surface area (Å²) in [5.74, 6) is 5.49. The Balaban J connectivity index is 2.25. The van der Waals surface area contributed by atoms with Gasteiger partial charge in [0.2, 0.25) is 0 Å². The Kier molecular flexibility index (Phi) is 3.96. The molecule has 2 rings (SSSR count). The van der Waals surface area contributed by atoms with E-state index in [2.05, 4.69) is 20.8 Å². The highest BCUT2D eigenvalue weighted by molar-refractivity contribution is 6.35. The minimum absolute atomic E-state index is 0.189. The van der Waals surface area contributed by atoms with Crippen LogP contribution in [0.25, 0.3) is 0 Å². The highest BCUT2D eigenvalue weighted by Crippen LogP contribution is 2.28. The molecule has 0 spiro atoms. The summed E-state index contributed by atoms with van der Waals surface area (Å²) in [5, 5.41) is 11.5. The number of aromatic nitrogens is 3. The van der Waals surface area contributed by atoms with Crippen molar-refractivity contribution in [1.29, 1.82) is 0 Å². The van der Waals surface area contributed by atoms with Crippen LogP contribution >= 0.6 is 23.2 Å². The Bertz CT molecular complexity index is 465. The largest absolute Gasteiger partial charge is 0.271 e. The molecule has 1 heterocycles. The molecule has 0 aliphatic heterocycles. The van der Waals surface area contributed by atoms with E-state index in [1.54, 1.807) is 24.4 Å². The molecule has 0 saturated heterocycles. The Labute approximate surface area is 108 Å². The van der Waals surface area contributed by atoms with E-state index in [4.69, 9.17) is 29.0 Å². The van der Waals surface area contributed by atoms with E-state index in [0.29, 0.717) is 22.2 Å². The predicted octanol–water partition coefficient (Wildman–Crippen LogP) is 1.86. The summed E-state index contributed by atoms with van der Waals surface area (Å²) in [6, 6.07) is 5.19. The third-order valence-corrected chi connectivity index (χ3v) is 3.17. The molecule has 90 valence electrons. The van der Waals surface area contributed by atoms with Crippen molar-refractivity contribution in [2.45, 2.75) is 12.5 Å². The molecule has 0 aliphatic carbocycles. The van der Waals surface area contributed by atoms with Gasteiger partial charge in [-0.3, -0.25) is 11.3 Å².